The molecular weight excluding hydrogens is 392 g/mol. The van der Waals surface area contributed by atoms with Crippen LogP contribution in [0.4, 0.5) is 0 Å². The number of carboxylic acids is 1. The van der Waals surface area contributed by atoms with Crippen molar-refractivity contribution in [3.8, 4) is 0 Å². The average molecular weight is 420 g/mol. The standard InChI is InChI=1S/C22H28O8/c1-10(2)19(25)30-22(7-5-4-6-8-22)11(3)20(26)28-16-12-9-13-15(14(12)18(23)24)21(27)29-17(13)16/h11-17H,1,4-9H2,2-3H3,(H,23,24). The Morgan fingerprint density at radius 1 is 1.20 bits per heavy atom. The second-order valence-electron chi connectivity index (χ2n) is 9.27. The van der Waals surface area contributed by atoms with Gasteiger partial charge < -0.3 is 19.3 Å². The fourth-order valence-electron chi connectivity index (χ4n) is 5.98. The first-order valence-electron chi connectivity index (χ1n) is 10.7. The number of ether oxygens (including phenoxy) is 3. The van der Waals surface area contributed by atoms with Crippen molar-refractivity contribution in [2.45, 2.75) is 70.2 Å². The summed E-state index contributed by atoms with van der Waals surface area (Å²) in [4.78, 5) is 49.3. The maximum absolute atomic E-state index is 13.1. The number of aliphatic carboxylic acids is 1. The first-order valence-corrected chi connectivity index (χ1v) is 10.7. The Bertz CT molecular complexity index is 795. The van der Waals surface area contributed by atoms with E-state index in [1.165, 1.54) is 0 Å². The summed E-state index contributed by atoms with van der Waals surface area (Å²) < 4.78 is 17.0. The maximum atomic E-state index is 13.1. The lowest BCUT2D eigenvalue weighted by Crippen LogP contribution is -2.49. The molecule has 1 saturated heterocycles. The molecule has 8 nitrogen and oxygen atoms in total. The lowest BCUT2D eigenvalue weighted by Gasteiger charge is -2.41. The van der Waals surface area contributed by atoms with Gasteiger partial charge in [-0.3, -0.25) is 14.4 Å². The third kappa shape index (κ3) is 3.11. The summed E-state index contributed by atoms with van der Waals surface area (Å²) in [5.41, 5.74) is -0.703. The van der Waals surface area contributed by atoms with Crippen molar-refractivity contribution in [3.63, 3.8) is 0 Å². The van der Waals surface area contributed by atoms with Crippen molar-refractivity contribution >= 4 is 23.9 Å². The number of hydrogen-bond acceptors (Lipinski definition) is 7. The van der Waals surface area contributed by atoms with E-state index in [0.717, 1.165) is 19.3 Å². The van der Waals surface area contributed by atoms with Crippen LogP contribution < -0.4 is 0 Å². The topological polar surface area (TPSA) is 116 Å². The molecule has 0 amide bonds. The summed E-state index contributed by atoms with van der Waals surface area (Å²) in [5, 5.41) is 9.62. The van der Waals surface area contributed by atoms with Crippen molar-refractivity contribution in [1.29, 1.82) is 0 Å². The number of carbonyl (C=O) groups excluding carboxylic acids is 3. The molecule has 30 heavy (non-hydrogen) atoms. The fraction of sp³-hybridized carbons (Fsp3) is 0.727. The second-order valence-corrected chi connectivity index (χ2v) is 9.27. The smallest absolute Gasteiger partial charge is 0.333 e. The predicted molar refractivity (Wildman–Crippen MR) is 102 cm³/mol. The van der Waals surface area contributed by atoms with Crippen LogP contribution in [0.1, 0.15) is 52.4 Å². The van der Waals surface area contributed by atoms with E-state index >= 15 is 0 Å². The van der Waals surface area contributed by atoms with Crippen LogP contribution in [-0.4, -0.2) is 46.8 Å². The van der Waals surface area contributed by atoms with Gasteiger partial charge in [0.1, 0.15) is 17.8 Å². The zero-order valence-electron chi connectivity index (χ0n) is 17.3. The van der Waals surface area contributed by atoms with Gasteiger partial charge in [-0.1, -0.05) is 13.0 Å². The lowest BCUT2D eigenvalue weighted by molar-refractivity contribution is -0.186. The number of carboxylic acid groups (broad SMARTS) is 1. The number of rotatable bonds is 6. The van der Waals surface area contributed by atoms with Crippen LogP contribution in [-0.2, 0) is 33.4 Å². The van der Waals surface area contributed by atoms with E-state index in [-0.39, 0.29) is 11.5 Å². The number of esters is 3. The Hall–Kier alpha value is -2.38. The minimum atomic E-state index is -1.06. The molecule has 2 bridgehead atoms. The van der Waals surface area contributed by atoms with Crippen LogP contribution >= 0.6 is 0 Å². The minimum Gasteiger partial charge on any atom is -0.481 e. The third-order valence-corrected chi connectivity index (χ3v) is 7.57. The molecule has 1 aliphatic heterocycles. The van der Waals surface area contributed by atoms with Crippen LogP contribution in [0.2, 0.25) is 0 Å². The predicted octanol–water partition coefficient (Wildman–Crippen LogP) is 2.25. The average Bonchev–Trinajstić information content (AvgIpc) is 3.31. The molecule has 7 unspecified atom stereocenters. The molecule has 0 aromatic heterocycles. The summed E-state index contributed by atoms with van der Waals surface area (Å²) in [6.45, 7) is 6.88. The molecule has 0 spiro atoms. The van der Waals surface area contributed by atoms with E-state index in [0.29, 0.717) is 19.3 Å². The van der Waals surface area contributed by atoms with Gasteiger partial charge in [-0.2, -0.15) is 0 Å². The Kier molecular flexibility index (Phi) is 5.14. The van der Waals surface area contributed by atoms with E-state index in [2.05, 4.69) is 6.58 Å². The molecular formula is C22H28O8. The van der Waals surface area contributed by atoms with E-state index in [9.17, 15) is 24.3 Å². The largest absolute Gasteiger partial charge is 0.481 e. The highest BCUT2D eigenvalue weighted by Gasteiger charge is 2.70. The molecule has 4 aliphatic rings. The summed E-state index contributed by atoms with van der Waals surface area (Å²) >= 11 is 0. The van der Waals surface area contributed by atoms with Gasteiger partial charge in [0.2, 0.25) is 0 Å². The second kappa shape index (κ2) is 7.39. The molecule has 1 heterocycles. The van der Waals surface area contributed by atoms with Crippen LogP contribution in [0.25, 0.3) is 0 Å². The number of carbonyl (C=O) groups is 4. The highest BCUT2D eigenvalue weighted by Crippen LogP contribution is 2.59. The molecule has 4 fully saturated rings. The van der Waals surface area contributed by atoms with Crippen LogP contribution in [0, 0.1) is 29.6 Å². The fourth-order valence-corrected chi connectivity index (χ4v) is 5.98. The first kappa shape index (κ1) is 20.9. The Morgan fingerprint density at radius 3 is 2.47 bits per heavy atom. The Labute approximate surface area is 174 Å². The van der Waals surface area contributed by atoms with Crippen molar-refractivity contribution in [2.75, 3.05) is 0 Å². The normalized spacial score (nSPS) is 36.7. The first-order chi connectivity index (χ1) is 14.2. The van der Waals surface area contributed by atoms with Gasteiger partial charge in [0.15, 0.2) is 0 Å². The molecule has 0 aromatic rings. The van der Waals surface area contributed by atoms with Crippen LogP contribution in [0.5, 0.6) is 0 Å². The van der Waals surface area contributed by atoms with Crippen molar-refractivity contribution in [3.05, 3.63) is 12.2 Å². The van der Waals surface area contributed by atoms with Gasteiger partial charge >= 0.3 is 23.9 Å². The van der Waals surface area contributed by atoms with Crippen LogP contribution in [0.3, 0.4) is 0 Å². The molecule has 8 heteroatoms. The maximum Gasteiger partial charge on any atom is 0.333 e. The van der Waals surface area contributed by atoms with Crippen molar-refractivity contribution in [2.24, 2.45) is 29.6 Å². The molecule has 7 atom stereocenters. The van der Waals surface area contributed by atoms with Gasteiger partial charge in [0.05, 0.1) is 17.8 Å². The number of fused-ring (bicyclic) bond motifs is 1. The molecule has 3 aliphatic carbocycles. The third-order valence-electron chi connectivity index (χ3n) is 7.57. The van der Waals surface area contributed by atoms with E-state index in [1.54, 1.807) is 13.8 Å². The van der Waals surface area contributed by atoms with Crippen molar-refractivity contribution < 1.29 is 38.5 Å². The van der Waals surface area contributed by atoms with Gasteiger partial charge in [0, 0.05) is 17.4 Å². The lowest BCUT2D eigenvalue weighted by atomic mass is 9.75. The van der Waals surface area contributed by atoms with Crippen molar-refractivity contribution in [1.82, 2.24) is 0 Å². The Morgan fingerprint density at radius 2 is 1.87 bits per heavy atom. The van der Waals surface area contributed by atoms with E-state index < -0.39 is 65.4 Å². The zero-order valence-corrected chi connectivity index (χ0v) is 17.3. The minimum absolute atomic E-state index is 0.221. The molecule has 3 saturated carbocycles. The summed E-state index contributed by atoms with van der Waals surface area (Å²) in [6.07, 6.45) is 2.91. The quantitative estimate of drug-likeness (QED) is 0.395. The molecule has 0 radical (unpaired) electrons. The highest BCUT2D eigenvalue weighted by atomic mass is 16.6. The monoisotopic (exact) mass is 420 g/mol. The zero-order chi connectivity index (χ0) is 21.8. The van der Waals surface area contributed by atoms with Gasteiger partial charge in [-0.05, 0) is 46.0 Å². The van der Waals surface area contributed by atoms with E-state index in [1.807, 2.05) is 0 Å². The van der Waals surface area contributed by atoms with Gasteiger partial charge in [0.25, 0.3) is 0 Å². The van der Waals surface area contributed by atoms with Crippen LogP contribution in [0.15, 0.2) is 12.2 Å². The molecule has 0 aromatic carbocycles. The molecule has 1 N–H and O–H groups in total. The Balaban J connectivity index is 1.52. The SMILES string of the molecule is C=C(C)C(=O)OC1(C(C)C(=O)OC2C3CC4C2OC(=O)C4C3C(=O)O)CCCCC1. The number of hydrogen-bond donors (Lipinski definition) is 1. The van der Waals surface area contributed by atoms with Gasteiger partial charge in [-0.25, -0.2) is 4.79 Å². The summed E-state index contributed by atoms with van der Waals surface area (Å²) in [5.74, 6) is -5.57. The molecule has 164 valence electrons. The summed E-state index contributed by atoms with van der Waals surface area (Å²) in [7, 11) is 0. The molecule has 4 rings (SSSR count). The van der Waals surface area contributed by atoms with Gasteiger partial charge in [-0.15, -0.1) is 0 Å². The summed E-state index contributed by atoms with van der Waals surface area (Å²) in [6, 6.07) is 0. The highest BCUT2D eigenvalue weighted by molar-refractivity contribution is 5.88. The van der Waals surface area contributed by atoms with E-state index in [4.69, 9.17) is 14.2 Å².